The van der Waals surface area contributed by atoms with Crippen LogP contribution in [-0.4, -0.2) is 144 Å². The number of carbonyl (C=O) groups is 4. The Labute approximate surface area is 228 Å². The number of carboxylic acid groups (broad SMARTS) is 3. The molecule has 7 N–H and O–H groups in total. The first-order chi connectivity index (χ1) is 18.7. The van der Waals surface area contributed by atoms with Crippen molar-refractivity contribution in [2.24, 2.45) is 5.73 Å². The average Bonchev–Trinajstić information content (AvgIpc) is 2.86. The Morgan fingerprint density at radius 2 is 1.23 bits per heavy atom. The van der Waals surface area contributed by atoms with Gasteiger partial charge in [-0.25, -0.2) is 4.79 Å². The highest BCUT2D eigenvalue weighted by Crippen LogP contribution is 2.10. The second kappa shape index (κ2) is 17.3. The lowest BCUT2D eigenvalue weighted by molar-refractivity contribution is -0.140. The molecule has 14 heteroatoms. The van der Waals surface area contributed by atoms with Crippen LogP contribution in [0.2, 0.25) is 0 Å². The molecule has 0 aliphatic carbocycles. The van der Waals surface area contributed by atoms with Crippen LogP contribution in [0.15, 0.2) is 24.3 Å². The SMILES string of the molecule is NCCCNCc1ccc(NC(=O)CN2CCN(CC(=O)O)CCN(CC(=O)O)CCN(C(=O)O)CC2)cc1. The summed E-state index contributed by atoms with van der Waals surface area (Å²) in [4.78, 5) is 53.5. The van der Waals surface area contributed by atoms with E-state index in [4.69, 9.17) is 5.73 Å². The Balaban J connectivity index is 2.02. The highest BCUT2D eigenvalue weighted by molar-refractivity contribution is 5.92. The Kier molecular flexibility index (Phi) is 14.2. The molecular weight excluding hydrogens is 510 g/mol. The van der Waals surface area contributed by atoms with Crippen molar-refractivity contribution in [3.05, 3.63) is 29.8 Å². The van der Waals surface area contributed by atoms with E-state index in [1.807, 2.05) is 24.3 Å². The van der Waals surface area contributed by atoms with Crippen molar-refractivity contribution in [1.29, 1.82) is 0 Å². The van der Waals surface area contributed by atoms with E-state index in [9.17, 15) is 34.5 Å². The van der Waals surface area contributed by atoms with Crippen molar-refractivity contribution in [3.63, 3.8) is 0 Å². The van der Waals surface area contributed by atoms with Crippen molar-refractivity contribution in [1.82, 2.24) is 24.9 Å². The molecule has 0 unspecified atom stereocenters. The summed E-state index contributed by atoms with van der Waals surface area (Å²) >= 11 is 0. The van der Waals surface area contributed by atoms with E-state index in [0.717, 1.165) is 18.5 Å². The topological polar surface area (TPSA) is 192 Å². The number of hydrogen-bond donors (Lipinski definition) is 6. The van der Waals surface area contributed by atoms with E-state index in [1.54, 1.807) is 14.7 Å². The predicted molar refractivity (Wildman–Crippen MR) is 145 cm³/mol. The molecule has 39 heavy (non-hydrogen) atoms. The molecule has 218 valence electrons. The van der Waals surface area contributed by atoms with Crippen LogP contribution in [0.25, 0.3) is 0 Å². The first-order valence-electron chi connectivity index (χ1n) is 13.0. The van der Waals surface area contributed by atoms with Gasteiger partial charge in [0.25, 0.3) is 0 Å². The van der Waals surface area contributed by atoms with E-state index >= 15 is 0 Å². The standard InChI is InChI=1S/C25H41N7O7/c26-6-1-7-27-16-20-2-4-21(5-3-20)28-22(33)17-29-8-9-30(18-23(34)35)10-11-31(19-24(36)37)13-15-32(14-12-29)25(38)39/h2-5,27H,1,6-19,26H2,(H,28,33)(H,34,35)(H,36,37)(H,38,39). The molecule has 2 amide bonds. The van der Waals surface area contributed by atoms with Crippen LogP contribution in [0.4, 0.5) is 10.5 Å². The van der Waals surface area contributed by atoms with Gasteiger partial charge in [-0.2, -0.15) is 0 Å². The van der Waals surface area contributed by atoms with Gasteiger partial charge in [-0.1, -0.05) is 12.1 Å². The summed E-state index contributed by atoms with van der Waals surface area (Å²) in [6.07, 6.45) is -0.233. The lowest BCUT2D eigenvalue weighted by Crippen LogP contribution is -2.49. The Hall–Kier alpha value is -3.30. The molecule has 0 atom stereocenters. The maximum absolute atomic E-state index is 12.8. The van der Waals surface area contributed by atoms with Crippen molar-refractivity contribution in [2.45, 2.75) is 13.0 Å². The number of nitrogens with zero attached hydrogens (tertiary/aromatic N) is 4. The number of nitrogens with two attached hydrogens (primary N) is 1. The Morgan fingerprint density at radius 1 is 0.744 bits per heavy atom. The zero-order valence-electron chi connectivity index (χ0n) is 22.3. The lowest BCUT2D eigenvalue weighted by atomic mass is 10.2. The Bertz CT molecular complexity index is 932. The van der Waals surface area contributed by atoms with Crippen LogP contribution >= 0.6 is 0 Å². The number of hydrogen-bond acceptors (Lipinski definition) is 9. The number of amides is 2. The molecule has 1 aromatic rings. The predicted octanol–water partition coefficient (Wildman–Crippen LogP) is -0.868. The fraction of sp³-hybridized carbons (Fsp3) is 0.600. The number of carboxylic acids is 2. The highest BCUT2D eigenvalue weighted by atomic mass is 16.4. The van der Waals surface area contributed by atoms with Gasteiger partial charge in [-0.05, 0) is 37.2 Å². The molecule has 1 aromatic carbocycles. The minimum atomic E-state index is -1.13. The molecule has 0 radical (unpaired) electrons. The molecular formula is C25H41N7O7. The minimum Gasteiger partial charge on any atom is -0.480 e. The van der Waals surface area contributed by atoms with Gasteiger partial charge in [0.15, 0.2) is 0 Å². The molecule has 0 spiro atoms. The van der Waals surface area contributed by atoms with Crippen LogP contribution in [-0.2, 0) is 20.9 Å². The van der Waals surface area contributed by atoms with Crippen LogP contribution in [0, 0.1) is 0 Å². The van der Waals surface area contributed by atoms with Crippen molar-refractivity contribution in [3.8, 4) is 0 Å². The smallest absolute Gasteiger partial charge is 0.407 e. The molecule has 1 aliphatic rings. The van der Waals surface area contributed by atoms with Gasteiger partial charge in [-0.3, -0.25) is 29.1 Å². The monoisotopic (exact) mass is 551 g/mol. The van der Waals surface area contributed by atoms with E-state index < -0.39 is 18.0 Å². The first kappa shape index (κ1) is 31.9. The third kappa shape index (κ3) is 13.4. The molecule has 1 aliphatic heterocycles. The van der Waals surface area contributed by atoms with Crippen LogP contribution in [0.1, 0.15) is 12.0 Å². The maximum atomic E-state index is 12.8. The summed E-state index contributed by atoms with van der Waals surface area (Å²) in [6, 6.07) is 7.47. The molecule has 2 rings (SSSR count). The second-order valence-electron chi connectivity index (χ2n) is 9.45. The highest BCUT2D eigenvalue weighted by Gasteiger charge is 2.21. The van der Waals surface area contributed by atoms with Gasteiger partial charge in [-0.15, -0.1) is 0 Å². The van der Waals surface area contributed by atoms with Gasteiger partial charge in [0.1, 0.15) is 0 Å². The van der Waals surface area contributed by atoms with Crippen molar-refractivity contribution >= 4 is 29.6 Å². The molecule has 0 bridgehead atoms. The van der Waals surface area contributed by atoms with Gasteiger partial charge >= 0.3 is 18.0 Å². The Morgan fingerprint density at radius 3 is 1.69 bits per heavy atom. The molecule has 0 aromatic heterocycles. The van der Waals surface area contributed by atoms with E-state index in [2.05, 4.69) is 10.6 Å². The van der Waals surface area contributed by atoms with Gasteiger partial charge in [0.2, 0.25) is 5.91 Å². The lowest BCUT2D eigenvalue weighted by Gasteiger charge is -2.32. The van der Waals surface area contributed by atoms with Gasteiger partial charge < -0.3 is 36.6 Å². The van der Waals surface area contributed by atoms with Gasteiger partial charge in [0, 0.05) is 64.6 Å². The molecule has 1 saturated heterocycles. The number of carbonyl (C=O) groups excluding carboxylic acids is 1. The number of benzene rings is 1. The fourth-order valence-corrected chi connectivity index (χ4v) is 4.15. The number of anilines is 1. The van der Waals surface area contributed by atoms with Crippen LogP contribution < -0.4 is 16.4 Å². The summed E-state index contributed by atoms with van der Waals surface area (Å²) in [5.41, 5.74) is 7.20. The summed E-state index contributed by atoms with van der Waals surface area (Å²) in [6.45, 7) is 3.54. The van der Waals surface area contributed by atoms with Crippen LogP contribution in [0.3, 0.4) is 0 Å². The fourth-order valence-electron chi connectivity index (χ4n) is 4.15. The first-order valence-corrected chi connectivity index (χ1v) is 13.0. The summed E-state index contributed by atoms with van der Waals surface area (Å²) in [5.74, 6) is -2.32. The van der Waals surface area contributed by atoms with E-state index in [-0.39, 0.29) is 58.3 Å². The quantitative estimate of drug-likeness (QED) is 0.176. The molecule has 14 nitrogen and oxygen atoms in total. The van der Waals surface area contributed by atoms with E-state index in [1.165, 1.54) is 4.90 Å². The number of aliphatic carboxylic acids is 2. The van der Waals surface area contributed by atoms with Crippen molar-refractivity contribution in [2.75, 3.05) is 90.4 Å². The maximum Gasteiger partial charge on any atom is 0.407 e. The minimum absolute atomic E-state index is 0.00189. The third-order valence-electron chi connectivity index (χ3n) is 6.32. The molecule has 1 fully saturated rings. The average molecular weight is 552 g/mol. The van der Waals surface area contributed by atoms with Crippen molar-refractivity contribution < 1.29 is 34.5 Å². The summed E-state index contributed by atoms with van der Waals surface area (Å²) < 4.78 is 0. The molecule has 0 saturated carbocycles. The second-order valence-corrected chi connectivity index (χ2v) is 9.45. The zero-order valence-corrected chi connectivity index (χ0v) is 22.3. The summed E-state index contributed by atoms with van der Waals surface area (Å²) in [7, 11) is 0. The summed E-state index contributed by atoms with van der Waals surface area (Å²) in [5, 5.41) is 34.3. The normalized spacial score (nSPS) is 16.7. The van der Waals surface area contributed by atoms with E-state index in [0.29, 0.717) is 38.4 Å². The zero-order chi connectivity index (χ0) is 28.6. The number of nitrogens with one attached hydrogen (secondary N) is 2. The van der Waals surface area contributed by atoms with Crippen LogP contribution in [0.5, 0.6) is 0 Å². The largest absolute Gasteiger partial charge is 0.480 e. The number of rotatable bonds is 12. The third-order valence-corrected chi connectivity index (χ3v) is 6.32. The van der Waals surface area contributed by atoms with Gasteiger partial charge in [0.05, 0.1) is 19.6 Å². The molecule has 1 heterocycles.